The van der Waals surface area contributed by atoms with Crippen LogP contribution in [0.25, 0.3) is 0 Å². The lowest BCUT2D eigenvalue weighted by molar-refractivity contribution is -0.135. The molecule has 0 N–H and O–H groups in total. The molecule has 2 aromatic rings. The summed E-state index contributed by atoms with van der Waals surface area (Å²) in [5, 5.41) is 0. The monoisotopic (exact) mass is 379 g/mol. The second kappa shape index (κ2) is 9.51. The summed E-state index contributed by atoms with van der Waals surface area (Å²) < 4.78 is 0. The molecule has 0 saturated carbocycles. The Morgan fingerprint density at radius 3 is 2.04 bits per heavy atom. The smallest absolute Gasteiger partial charge is 0.253 e. The Morgan fingerprint density at radius 1 is 0.893 bits per heavy atom. The van der Waals surface area contributed by atoms with Crippen molar-refractivity contribution in [1.82, 2.24) is 14.7 Å². The zero-order chi connectivity index (χ0) is 19.9. The first-order valence-corrected chi connectivity index (χ1v) is 9.94. The summed E-state index contributed by atoms with van der Waals surface area (Å²) in [7, 11) is 0. The third kappa shape index (κ3) is 5.20. The van der Waals surface area contributed by atoms with Gasteiger partial charge in [0.25, 0.3) is 5.91 Å². The largest absolute Gasteiger partial charge is 0.336 e. The van der Waals surface area contributed by atoms with Crippen LogP contribution < -0.4 is 0 Å². The molecule has 0 spiro atoms. The molecule has 1 aliphatic rings. The fraction of sp³-hybridized carbons (Fsp3) is 0.391. The van der Waals surface area contributed by atoms with Gasteiger partial charge in [-0.05, 0) is 31.5 Å². The second-order valence-corrected chi connectivity index (χ2v) is 7.54. The van der Waals surface area contributed by atoms with Crippen LogP contribution in [0, 0.1) is 0 Å². The van der Waals surface area contributed by atoms with E-state index in [-0.39, 0.29) is 17.9 Å². The predicted molar refractivity (Wildman–Crippen MR) is 111 cm³/mol. The van der Waals surface area contributed by atoms with Crippen molar-refractivity contribution in [2.24, 2.45) is 0 Å². The van der Waals surface area contributed by atoms with Gasteiger partial charge in [-0.2, -0.15) is 0 Å². The minimum Gasteiger partial charge on any atom is -0.336 e. The first-order chi connectivity index (χ1) is 13.5. The number of carbonyl (C=O) groups is 2. The Kier molecular flexibility index (Phi) is 6.82. The highest BCUT2D eigenvalue weighted by Crippen LogP contribution is 2.12. The van der Waals surface area contributed by atoms with E-state index in [0.717, 1.165) is 24.2 Å². The van der Waals surface area contributed by atoms with Gasteiger partial charge in [-0.15, -0.1) is 0 Å². The minimum absolute atomic E-state index is 0.0689. The van der Waals surface area contributed by atoms with Crippen LogP contribution in [-0.4, -0.2) is 65.3 Å². The van der Waals surface area contributed by atoms with Crippen LogP contribution in [0.15, 0.2) is 60.7 Å². The molecule has 0 aliphatic carbocycles. The standard InChI is InChI=1S/C23H29N3O2/c1-19(2)26(17-20-9-5-3-6-10-20)22(27)18-24-13-15-25(16-14-24)23(28)21-11-7-4-8-12-21/h3-12,19H,13-18H2,1-2H3. The Balaban J connectivity index is 1.53. The highest BCUT2D eigenvalue weighted by Gasteiger charge is 2.25. The molecule has 0 unspecified atom stereocenters. The zero-order valence-electron chi connectivity index (χ0n) is 16.8. The summed E-state index contributed by atoms with van der Waals surface area (Å²) in [6.45, 7) is 7.89. The normalized spacial score (nSPS) is 14.9. The predicted octanol–water partition coefficient (Wildman–Crippen LogP) is 2.88. The first-order valence-electron chi connectivity index (χ1n) is 9.94. The molecule has 5 heteroatoms. The molecule has 0 radical (unpaired) electrons. The van der Waals surface area contributed by atoms with Crippen molar-refractivity contribution in [3.63, 3.8) is 0 Å². The average molecular weight is 380 g/mol. The maximum absolute atomic E-state index is 12.9. The van der Waals surface area contributed by atoms with Crippen LogP contribution >= 0.6 is 0 Å². The van der Waals surface area contributed by atoms with E-state index in [2.05, 4.69) is 30.9 Å². The molecule has 3 rings (SSSR count). The third-order valence-electron chi connectivity index (χ3n) is 5.18. The van der Waals surface area contributed by atoms with Gasteiger partial charge in [-0.3, -0.25) is 14.5 Å². The van der Waals surface area contributed by atoms with Gasteiger partial charge in [0, 0.05) is 44.3 Å². The third-order valence-corrected chi connectivity index (χ3v) is 5.18. The van der Waals surface area contributed by atoms with Gasteiger partial charge >= 0.3 is 0 Å². The summed E-state index contributed by atoms with van der Waals surface area (Å²) in [5.74, 6) is 0.209. The second-order valence-electron chi connectivity index (χ2n) is 7.54. The van der Waals surface area contributed by atoms with Crippen LogP contribution in [0.2, 0.25) is 0 Å². The van der Waals surface area contributed by atoms with Gasteiger partial charge in [0.2, 0.25) is 5.91 Å². The van der Waals surface area contributed by atoms with Gasteiger partial charge in [0.1, 0.15) is 0 Å². The molecule has 1 fully saturated rings. The topological polar surface area (TPSA) is 43.9 Å². The highest BCUT2D eigenvalue weighted by atomic mass is 16.2. The molecule has 2 aromatic carbocycles. The number of rotatable bonds is 6. The van der Waals surface area contributed by atoms with E-state index in [1.807, 2.05) is 58.3 Å². The first kappa shape index (κ1) is 20.1. The van der Waals surface area contributed by atoms with Gasteiger partial charge in [0.15, 0.2) is 0 Å². The Hall–Kier alpha value is -2.66. The van der Waals surface area contributed by atoms with E-state index in [0.29, 0.717) is 26.2 Å². The Morgan fingerprint density at radius 2 is 1.46 bits per heavy atom. The van der Waals surface area contributed by atoms with Crippen molar-refractivity contribution in [3.05, 3.63) is 71.8 Å². The lowest BCUT2D eigenvalue weighted by atomic mass is 10.1. The quantitative estimate of drug-likeness (QED) is 0.775. The van der Waals surface area contributed by atoms with Crippen molar-refractivity contribution in [3.8, 4) is 0 Å². The van der Waals surface area contributed by atoms with Gasteiger partial charge in [-0.25, -0.2) is 0 Å². The molecule has 28 heavy (non-hydrogen) atoms. The van der Waals surface area contributed by atoms with Crippen molar-refractivity contribution < 1.29 is 9.59 Å². The van der Waals surface area contributed by atoms with Crippen LogP contribution in [0.3, 0.4) is 0 Å². The molecule has 148 valence electrons. The van der Waals surface area contributed by atoms with Gasteiger partial charge < -0.3 is 9.80 Å². The number of hydrogen-bond acceptors (Lipinski definition) is 3. The molecule has 5 nitrogen and oxygen atoms in total. The fourth-order valence-corrected chi connectivity index (χ4v) is 3.49. The van der Waals surface area contributed by atoms with Crippen LogP contribution in [0.1, 0.15) is 29.8 Å². The molecular formula is C23H29N3O2. The molecular weight excluding hydrogens is 350 g/mol. The number of piperazine rings is 1. The molecule has 2 amide bonds. The summed E-state index contributed by atoms with van der Waals surface area (Å²) >= 11 is 0. The number of benzene rings is 2. The summed E-state index contributed by atoms with van der Waals surface area (Å²) in [4.78, 5) is 31.4. The van der Waals surface area contributed by atoms with Crippen molar-refractivity contribution >= 4 is 11.8 Å². The van der Waals surface area contributed by atoms with E-state index in [1.54, 1.807) is 0 Å². The number of hydrogen-bond donors (Lipinski definition) is 0. The minimum atomic E-state index is 0.0689. The van der Waals surface area contributed by atoms with E-state index >= 15 is 0 Å². The lowest BCUT2D eigenvalue weighted by Crippen LogP contribution is -2.52. The van der Waals surface area contributed by atoms with E-state index in [4.69, 9.17) is 0 Å². The van der Waals surface area contributed by atoms with E-state index in [1.165, 1.54) is 0 Å². The summed E-state index contributed by atoms with van der Waals surface area (Å²) in [6.07, 6.45) is 0. The molecule has 1 saturated heterocycles. The van der Waals surface area contributed by atoms with E-state index < -0.39 is 0 Å². The van der Waals surface area contributed by atoms with Crippen molar-refractivity contribution in [1.29, 1.82) is 0 Å². The Bertz CT molecular complexity index is 769. The Labute approximate surface area is 167 Å². The zero-order valence-corrected chi connectivity index (χ0v) is 16.8. The highest BCUT2D eigenvalue weighted by molar-refractivity contribution is 5.94. The maximum atomic E-state index is 12.9. The molecule has 1 aliphatic heterocycles. The van der Waals surface area contributed by atoms with Crippen molar-refractivity contribution in [2.45, 2.75) is 26.4 Å². The fourth-order valence-electron chi connectivity index (χ4n) is 3.49. The maximum Gasteiger partial charge on any atom is 0.253 e. The lowest BCUT2D eigenvalue weighted by Gasteiger charge is -2.36. The number of nitrogens with zero attached hydrogens (tertiary/aromatic N) is 3. The van der Waals surface area contributed by atoms with Crippen LogP contribution in [-0.2, 0) is 11.3 Å². The molecule has 0 atom stereocenters. The van der Waals surface area contributed by atoms with Crippen molar-refractivity contribution in [2.75, 3.05) is 32.7 Å². The molecule has 0 aromatic heterocycles. The van der Waals surface area contributed by atoms with Crippen LogP contribution in [0.5, 0.6) is 0 Å². The molecule has 0 bridgehead atoms. The molecule has 1 heterocycles. The van der Waals surface area contributed by atoms with Crippen LogP contribution in [0.4, 0.5) is 0 Å². The SMILES string of the molecule is CC(C)N(Cc1ccccc1)C(=O)CN1CCN(C(=O)c2ccccc2)CC1. The summed E-state index contributed by atoms with van der Waals surface area (Å²) in [6, 6.07) is 19.6. The van der Waals surface area contributed by atoms with Gasteiger partial charge in [0.05, 0.1) is 6.54 Å². The number of amides is 2. The number of carbonyl (C=O) groups excluding carboxylic acids is 2. The van der Waals surface area contributed by atoms with Gasteiger partial charge in [-0.1, -0.05) is 48.5 Å². The summed E-state index contributed by atoms with van der Waals surface area (Å²) in [5.41, 5.74) is 1.86. The average Bonchev–Trinajstić information content (AvgIpc) is 2.73. The van der Waals surface area contributed by atoms with E-state index in [9.17, 15) is 9.59 Å².